The van der Waals surface area contributed by atoms with Crippen molar-refractivity contribution in [2.24, 2.45) is 22.2 Å². The number of hydrogen-bond acceptors (Lipinski definition) is 2. The zero-order valence-electron chi connectivity index (χ0n) is 11.7. The fourth-order valence-corrected chi connectivity index (χ4v) is 5.81. The summed E-state index contributed by atoms with van der Waals surface area (Å²) in [7, 11) is 0. The first-order valence-corrected chi connectivity index (χ1v) is 7.14. The van der Waals surface area contributed by atoms with Gasteiger partial charge in [-0.2, -0.15) is 5.26 Å². The Morgan fingerprint density at radius 2 is 2.05 bits per heavy atom. The summed E-state index contributed by atoms with van der Waals surface area (Å²) in [6.07, 6.45) is 8.24. The highest BCUT2D eigenvalue weighted by Gasteiger charge is 2.61. The Balaban J connectivity index is 2.03. The first-order valence-electron chi connectivity index (χ1n) is 7.14. The van der Waals surface area contributed by atoms with E-state index in [4.69, 9.17) is 5.11 Å². The number of hydrogen-bond donors (Lipinski definition) is 1. The van der Waals surface area contributed by atoms with Crippen molar-refractivity contribution >= 4 is 5.97 Å². The molecule has 1 N–H and O–H groups in total. The minimum absolute atomic E-state index is 0.0353. The summed E-state index contributed by atoms with van der Waals surface area (Å²) in [5.74, 6) is -0.217. The highest BCUT2D eigenvalue weighted by Crippen LogP contribution is 2.70. The van der Waals surface area contributed by atoms with Gasteiger partial charge in [0.2, 0.25) is 0 Å². The number of allylic oxidation sites excluding steroid dienone is 1. The number of aliphatic carboxylic acids is 1. The lowest BCUT2D eigenvalue weighted by Crippen LogP contribution is -2.55. The molecule has 0 saturated heterocycles. The molecule has 4 saturated carbocycles. The summed E-state index contributed by atoms with van der Waals surface area (Å²) < 4.78 is 0. The van der Waals surface area contributed by atoms with Crippen molar-refractivity contribution in [1.82, 2.24) is 0 Å². The van der Waals surface area contributed by atoms with Crippen LogP contribution in [0.5, 0.6) is 0 Å². The van der Waals surface area contributed by atoms with Crippen LogP contribution in [0.1, 0.15) is 52.4 Å². The fraction of sp³-hybridized carbons (Fsp3) is 0.750. The van der Waals surface area contributed by atoms with Crippen LogP contribution in [0, 0.1) is 33.5 Å². The van der Waals surface area contributed by atoms with Gasteiger partial charge in [0.1, 0.15) is 0 Å². The molecule has 19 heavy (non-hydrogen) atoms. The highest BCUT2D eigenvalue weighted by molar-refractivity contribution is 5.85. The van der Waals surface area contributed by atoms with Crippen LogP contribution in [0.3, 0.4) is 0 Å². The van der Waals surface area contributed by atoms with Crippen LogP contribution in [0.4, 0.5) is 0 Å². The molecule has 3 nitrogen and oxygen atoms in total. The molecule has 0 aliphatic heterocycles. The Labute approximate surface area is 114 Å². The van der Waals surface area contributed by atoms with Crippen molar-refractivity contribution < 1.29 is 9.90 Å². The molecular formula is C16H21NO2. The van der Waals surface area contributed by atoms with Crippen molar-refractivity contribution in [3.63, 3.8) is 0 Å². The number of carboxylic acid groups (broad SMARTS) is 1. The number of carbonyl (C=O) groups is 1. The molecule has 0 aromatic rings. The summed E-state index contributed by atoms with van der Waals surface area (Å²) in [4.78, 5) is 11.1. The molecule has 0 aromatic heterocycles. The van der Waals surface area contributed by atoms with Gasteiger partial charge >= 0.3 is 5.97 Å². The molecule has 4 fully saturated rings. The first-order chi connectivity index (χ1) is 8.79. The number of nitriles is 1. The lowest BCUT2D eigenvalue weighted by molar-refractivity contribution is -0.133. The molecule has 0 amide bonds. The summed E-state index contributed by atoms with van der Waals surface area (Å²) in [6.45, 7) is 3.98. The first kappa shape index (κ1) is 12.7. The quantitative estimate of drug-likeness (QED) is 0.772. The van der Waals surface area contributed by atoms with E-state index in [2.05, 4.69) is 13.0 Å². The van der Waals surface area contributed by atoms with Crippen LogP contribution in [-0.2, 0) is 4.79 Å². The average molecular weight is 259 g/mol. The zero-order chi connectivity index (χ0) is 13.9. The van der Waals surface area contributed by atoms with E-state index in [-0.39, 0.29) is 16.2 Å². The Morgan fingerprint density at radius 1 is 1.32 bits per heavy atom. The molecule has 4 aliphatic carbocycles. The normalized spacial score (nSPS) is 48.1. The minimum atomic E-state index is -0.827. The standard InChI is InChI=1S/C16H21NO2/c1-11(13(18)19)3-15-5-12-4-14(2,7-15)8-16(6-12,9-15)10-17/h3,12H,4-9H2,1-2H3,(H,18,19). The number of rotatable bonds is 2. The van der Waals surface area contributed by atoms with Crippen LogP contribution in [0.2, 0.25) is 0 Å². The fourth-order valence-electron chi connectivity index (χ4n) is 5.81. The third kappa shape index (κ3) is 1.89. The average Bonchev–Trinajstić information content (AvgIpc) is 2.24. The van der Waals surface area contributed by atoms with E-state index in [0.717, 1.165) is 32.1 Å². The maximum absolute atomic E-state index is 11.1. The molecule has 0 spiro atoms. The van der Waals surface area contributed by atoms with Gasteiger partial charge in [-0.05, 0) is 62.2 Å². The van der Waals surface area contributed by atoms with E-state index in [1.807, 2.05) is 6.08 Å². The molecular weight excluding hydrogens is 238 g/mol. The second-order valence-corrected chi connectivity index (χ2v) is 7.71. The molecule has 0 aromatic carbocycles. The van der Waals surface area contributed by atoms with E-state index in [1.54, 1.807) is 6.92 Å². The van der Waals surface area contributed by atoms with Gasteiger partial charge in [0.15, 0.2) is 0 Å². The van der Waals surface area contributed by atoms with E-state index >= 15 is 0 Å². The maximum Gasteiger partial charge on any atom is 0.330 e. The van der Waals surface area contributed by atoms with Gasteiger partial charge in [0, 0.05) is 5.57 Å². The van der Waals surface area contributed by atoms with Crippen LogP contribution in [-0.4, -0.2) is 11.1 Å². The number of carboxylic acids is 1. The van der Waals surface area contributed by atoms with Gasteiger partial charge in [-0.1, -0.05) is 13.0 Å². The van der Waals surface area contributed by atoms with Gasteiger partial charge in [0.25, 0.3) is 0 Å². The third-order valence-corrected chi connectivity index (χ3v) is 5.49. The van der Waals surface area contributed by atoms with Gasteiger partial charge in [-0.15, -0.1) is 0 Å². The van der Waals surface area contributed by atoms with Crippen LogP contribution >= 0.6 is 0 Å². The summed E-state index contributed by atoms with van der Waals surface area (Å²) >= 11 is 0. The molecule has 3 heteroatoms. The predicted octanol–water partition coefficient (Wildman–Crippen LogP) is 3.52. The van der Waals surface area contributed by atoms with Crippen molar-refractivity contribution in [1.29, 1.82) is 5.26 Å². The Bertz CT molecular complexity index is 517. The molecule has 4 bridgehead atoms. The van der Waals surface area contributed by atoms with Gasteiger partial charge < -0.3 is 5.11 Å². The van der Waals surface area contributed by atoms with Crippen molar-refractivity contribution in [2.75, 3.05) is 0 Å². The monoisotopic (exact) mass is 259 g/mol. The second kappa shape index (κ2) is 3.62. The second-order valence-electron chi connectivity index (χ2n) is 7.71. The van der Waals surface area contributed by atoms with E-state index < -0.39 is 5.97 Å². The van der Waals surface area contributed by atoms with Gasteiger partial charge in [-0.25, -0.2) is 4.79 Å². The van der Waals surface area contributed by atoms with Crippen LogP contribution in [0.25, 0.3) is 0 Å². The Kier molecular flexibility index (Phi) is 2.43. The Morgan fingerprint density at radius 3 is 2.63 bits per heavy atom. The smallest absolute Gasteiger partial charge is 0.330 e. The third-order valence-electron chi connectivity index (χ3n) is 5.49. The SMILES string of the molecule is CC(=CC12CC3CC(C)(CC(C#N)(C3)C1)C2)C(=O)O. The highest BCUT2D eigenvalue weighted by atomic mass is 16.4. The van der Waals surface area contributed by atoms with Crippen LogP contribution in [0.15, 0.2) is 11.6 Å². The van der Waals surface area contributed by atoms with Gasteiger partial charge in [-0.3, -0.25) is 0 Å². The Hall–Kier alpha value is -1.30. The minimum Gasteiger partial charge on any atom is -0.478 e. The topological polar surface area (TPSA) is 61.1 Å². The van der Waals surface area contributed by atoms with Crippen molar-refractivity contribution in [3.8, 4) is 6.07 Å². The predicted molar refractivity (Wildman–Crippen MR) is 71.2 cm³/mol. The maximum atomic E-state index is 11.1. The van der Waals surface area contributed by atoms with Crippen LogP contribution < -0.4 is 0 Å². The summed E-state index contributed by atoms with van der Waals surface area (Å²) in [5.41, 5.74) is 0.457. The zero-order valence-corrected chi connectivity index (χ0v) is 11.7. The summed E-state index contributed by atoms with van der Waals surface area (Å²) in [5, 5.41) is 18.8. The van der Waals surface area contributed by atoms with E-state index in [0.29, 0.717) is 11.5 Å². The van der Waals surface area contributed by atoms with Crippen molar-refractivity contribution in [3.05, 3.63) is 11.6 Å². The summed E-state index contributed by atoms with van der Waals surface area (Å²) in [6, 6.07) is 2.59. The van der Waals surface area contributed by atoms with Crippen molar-refractivity contribution in [2.45, 2.75) is 52.4 Å². The van der Waals surface area contributed by atoms with Gasteiger partial charge in [0.05, 0.1) is 11.5 Å². The molecule has 4 atom stereocenters. The van der Waals surface area contributed by atoms with E-state index in [9.17, 15) is 10.1 Å². The molecule has 0 heterocycles. The molecule has 102 valence electrons. The molecule has 4 aliphatic rings. The lowest BCUT2D eigenvalue weighted by Gasteiger charge is -2.63. The number of nitrogens with zero attached hydrogens (tertiary/aromatic N) is 1. The molecule has 4 unspecified atom stereocenters. The molecule has 0 radical (unpaired) electrons. The molecule has 4 rings (SSSR count). The van der Waals surface area contributed by atoms with E-state index in [1.165, 1.54) is 6.42 Å². The largest absolute Gasteiger partial charge is 0.478 e. The lowest BCUT2D eigenvalue weighted by atomic mass is 9.40.